The summed E-state index contributed by atoms with van der Waals surface area (Å²) in [6.45, 7) is 2.59. The van der Waals surface area contributed by atoms with Gasteiger partial charge in [0.1, 0.15) is 0 Å². The smallest absolute Gasteiger partial charge is 0.233 e. The molecule has 0 aliphatic heterocycles. The Kier molecular flexibility index (Phi) is 6.36. The van der Waals surface area contributed by atoms with Gasteiger partial charge in [-0.2, -0.15) is 0 Å². The van der Waals surface area contributed by atoms with Crippen molar-refractivity contribution in [1.82, 2.24) is 10.6 Å². The fraction of sp³-hybridized carbons (Fsp3) is 0.909. The van der Waals surface area contributed by atoms with Crippen molar-refractivity contribution in [2.75, 3.05) is 33.4 Å². The van der Waals surface area contributed by atoms with Gasteiger partial charge in [0.25, 0.3) is 0 Å². The minimum Gasteiger partial charge on any atom is -0.383 e. The van der Waals surface area contributed by atoms with Gasteiger partial charge < -0.3 is 15.4 Å². The Labute approximate surface area is 91.8 Å². The van der Waals surface area contributed by atoms with E-state index in [1.54, 1.807) is 7.11 Å². The second-order valence-electron chi connectivity index (χ2n) is 4.11. The zero-order chi connectivity index (χ0) is 10.9. The molecule has 0 radical (unpaired) electrons. The van der Waals surface area contributed by atoms with Crippen LogP contribution < -0.4 is 10.6 Å². The number of hydrogen-bond donors (Lipinski definition) is 2. The number of ether oxygens (including phenoxy) is 1. The van der Waals surface area contributed by atoms with E-state index in [0.717, 1.165) is 25.4 Å². The minimum atomic E-state index is 0.0851. The molecule has 0 atom stereocenters. The summed E-state index contributed by atoms with van der Waals surface area (Å²) < 4.78 is 4.86. The van der Waals surface area contributed by atoms with Crippen molar-refractivity contribution in [3.05, 3.63) is 0 Å². The van der Waals surface area contributed by atoms with E-state index in [2.05, 4.69) is 10.6 Å². The van der Waals surface area contributed by atoms with Crippen LogP contribution in [-0.4, -0.2) is 39.3 Å². The molecule has 0 bridgehead atoms. The van der Waals surface area contributed by atoms with Gasteiger partial charge in [0.2, 0.25) is 5.91 Å². The van der Waals surface area contributed by atoms with Gasteiger partial charge in [0.15, 0.2) is 0 Å². The number of nitrogens with one attached hydrogen (secondary N) is 2. The Morgan fingerprint density at radius 2 is 2.20 bits per heavy atom. The van der Waals surface area contributed by atoms with E-state index >= 15 is 0 Å². The van der Waals surface area contributed by atoms with Crippen LogP contribution in [-0.2, 0) is 9.53 Å². The van der Waals surface area contributed by atoms with Crippen LogP contribution in [0.4, 0.5) is 0 Å². The quantitative estimate of drug-likeness (QED) is 0.550. The molecule has 1 aliphatic carbocycles. The molecule has 0 heterocycles. The molecule has 0 aromatic rings. The van der Waals surface area contributed by atoms with Gasteiger partial charge in [-0.25, -0.2) is 0 Å². The van der Waals surface area contributed by atoms with Crippen molar-refractivity contribution in [2.24, 2.45) is 5.92 Å². The third-order valence-corrected chi connectivity index (χ3v) is 2.58. The summed E-state index contributed by atoms with van der Waals surface area (Å²) in [5.41, 5.74) is 0. The normalized spacial score (nSPS) is 15.3. The highest BCUT2D eigenvalue weighted by Crippen LogP contribution is 2.33. The predicted molar refractivity (Wildman–Crippen MR) is 59.7 cm³/mol. The summed E-state index contributed by atoms with van der Waals surface area (Å²) in [5, 5.41) is 5.91. The van der Waals surface area contributed by atoms with Gasteiger partial charge in [0, 0.05) is 20.2 Å². The van der Waals surface area contributed by atoms with E-state index in [1.807, 2.05) is 0 Å². The lowest BCUT2D eigenvalue weighted by molar-refractivity contribution is -0.120. The monoisotopic (exact) mass is 214 g/mol. The molecule has 4 heteroatoms. The molecule has 1 saturated carbocycles. The Balaban J connectivity index is 1.80. The van der Waals surface area contributed by atoms with E-state index in [9.17, 15) is 4.79 Å². The first-order chi connectivity index (χ1) is 7.33. The Hall–Kier alpha value is -0.610. The zero-order valence-electron chi connectivity index (χ0n) is 9.55. The van der Waals surface area contributed by atoms with Gasteiger partial charge in [-0.3, -0.25) is 4.79 Å². The van der Waals surface area contributed by atoms with Crippen LogP contribution in [0.25, 0.3) is 0 Å². The molecule has 0 unspecified atom stereocenters. The molecule has 0 aromatic heterocycles. The first kappa shape index (κ1) is 12.5. The highest BCUT2D eigenvalue weighted by molar-refractivity contribution is 5.77. The molecule has 0 spiro atoms. The lowest BCUT2D eigenvalue weighted by Crippen LogP contribution is -2.35. The van der Waals surface area contributed by atoms with Crippen LogP contribution in [0, 0.1) is 5.92 Å². The molecule has 1 fully saturated rings. The second kappa shape index (κ2) is 7.65. The third-order valence-electron chi connectivity index (χ3n) is 2.58. The Bertz CT molecular complexity index is 181. The zero-order valence-corrected chi connectivity index (χ0v) is 9.55. The van der Waals surface area contributed by atoms with Crippen molar-refractivity contribution in [3.8, 4) is 0 Å². The van der Waals surface area contributed by atoms with Crippen molar-refractivity contribution < 1.29 is 9.53 Å². The number of carbonyl (C=O) groups is 1. The molecule has 0 saturated heterocycles. The van der Waals surface area contributed by atoms with E-state index in [-0.39, 0.29) is 5.91 Å². The Morgan fingerprint density at radius 3 is 2.87 bits per heavy atom. The van der Waals surface area contributed by atoms with Gasteiger partial charge >= 0.3 is 0 Å². The molecule has 15 heavy (non-hydrogen) atoms. The fourth-order valence-electron chi connectivity index (χ4n) is 1.46. The van der Waals surface area contributed by atoms with Crippen molar-refractivity contribution in [3.63, 3.8) is 0 Å². The fourth-order valence-corrected chi connectivity index (χ4v) is 1.46. The van der Waals surface area contributed by atoms with Gasteiger partial charge in [-0.1, -0.05) is 12.8 Å². The maximum Gasteiger partial charge on any atom is 0.233 e. The lowest BCUT2D eigenvalue weighted by atomic mass is 10.2. The summed E-state index contributed by atoms with van der Waals surface area (Å²) in [7, 11) is 1.65. The van der Waals surface area contributed by atoms with Crippen LogP contribution in [0.5, 0.6) is 0 Å². The summed E-state index contributed by atoms with van der Waals surface area (Å²) in [4.78, 5) is 11.3. The van der Waals surface area contributed by atoms with Crippen LogP contribution in [0.1, 0.15) is 25.7 Å². The maximum absolute atomic E-state index is 11.3. The molecule has 88 valence electrons. The Morgan fingerprint density at radius 1 is 1.40 bits per heavy atom. The van der Waals surface area contributed by atoms with Crippen LogP contribution in [0.2, 0.25) is 0 Å². The van der Waals surface area contributed by atoms with Crippen molar-refractivity contribution >= 4 is 5.91 Å². The summed E-state index contributed by atoms with van der Waals surface area (Å²) in [6, 6.07) is 0. The molecule has 4 nitrogen and oxygen atoms in total. The lowest BCUT2D eigenvalue weighted by Gasteiger charge is -2.05. The number of amides is 1. The average molecular weight is 214 g/mol. The second-order valence-corrected chi connectivity index (χ2v) is 4.11. The van der Waals surface area contributed by atoms with Crippen molar-refractivity contribution in [2.45, 2.75) is 25.7 Å². The molecule has 0 aromatic carbocycles. The molecular formula is C11H22N2O2. The van der Waals surface area contributed by atoms with Crippen LogP contribution in [0.3, 0.4) is 0 Å². The van der Waals surface area contributed by atoms with Gasteiger partial charge in [-0.15, -0.1) is 0 Å². The highest BCUT2D eigenvalue weighted by atomic mass is 16.5. The minimum absolute atomic E-state index is 0.0851. The number of hydrogen-bond acceptors (Lipinski definition) is 3. The number of rotatable bonds is 9. The SMILES string of the molecule is COCCNCC(=O)NCCCC1CC1. The average Bonchev–Trinajstić information content (AvgIpc) is 3.03. The summed E-state index contributed by atoms with van der Waals surface area (Å²) >= 11 is 0. The van der Waals surface area contributed by atoms with Crippen LogP contribution >= 0.6 is 0 Å². The van der Waals surface area contributed by atoms with Gasteiger partial charge in [0.05, 0.1) is 13.2 Å². The molecule has 2 N–H and O–H groups in total. The number of methoxy groups -OCH3 is 1. The topological polar surface area (TPSA) is 50.4 Å². The molecule has 1 aliphatic rings. The summed E-state index contributed by atoms with van der Waals surface area (Å²) in [5.74, 6) is 1.05. The van der Waals surface area contributed by atoms with Crippen LogP contribution in [0.15, 0.2) is 0 Å². The summed E-state index contributed by atoms with van der Waals surface area (Å²) in [6.07, 6.45) is 5.19. The highest BCUT2D eigenvalue weighted by Gasteiger charge is 2.19. The molecule has 1 rings (SSSR count). The van der Waals surface area contributed by atoms with Gasteiger partial charge in [-0.05, 0) is 18.8 Å². The standard InChI is InChI=1S/C11H22N2O2/c1-15-8-7-12-9-11(14)13-6-2-3-10-4-5-10/h10,12H,2-9H2,1H3,(H,13,14). The first-order valence-electron chi connectivity index (χ1n) is 5.79. The third kappa shape index (κ3) is 7.33. The first-order valence-corrected chi connectivity index (χ1v) is 5.79. The largest absolute Gasteiger partial charge is 0.383 e. The maximum atomic E-state index is 11.3. The molecule has 1 amide bonds. The molecular weight excluding hydrogens is 192 g/mol. The van der Waals surface area contributed by atoms with E-state index in [0.29, 0.717) is 13.2 Å². The number of carbonyl (C=O) groups excluding carboxylic acids is 1. The predicted octanol–water partition coefficient (Wildman–Crippen LogP) is 0.529. The van der Waals surface area contributed by atoms with E-state index < -0.39 is 0 Å². The van der Waals surface area contributed by atoms with E-state index in [1.165, 1.54) is 19.3 Å². The van der Waals surface area contributed by atoms with Crippen molar-refractivity contribution in [1.29, 1.82) is 0 Å². The van der Waals surface area contributed by atoms with E-state index in [4.69, 9.17) is 4.74 Å².